The Balaban J connectivity index is 0.000000158. The highest BCUT2D eigenvalue weighted by Crippen LogP contribution is 2.25. The topological polar surface area (TPSA) is 9.23 Å². The van der Waals surface area contributed by atoms with Crippen molar-refractivity contribution in [1.29, 1.82) is 0 Å². The monoisotopic (exact) mass is 388 g/mol. The highest BCUT2D eigenvalue weighted by atomic mass is 16.5. The van der Waals surface area contributed by atoms with Gasteiger partial charge < -0.3 is 4.74 Å². The minimum atomic E-state index is 0.606. The predicted octanol–water partition coefficient (Wildman–Crippen LogP) is 7.77. The first-order valence-electron chi connectivity index (χ1n) is 10.1. The van der Waals surface area contributed by atoms with Gasteiger partial charge in [0, 0.05) is 5.39 Å². The summed E-state index contributed by atoms with van der Waals surface area (Å²) < 4.78 is 5.91. The number of hydrogen-bond donors (Lipinski definition) is 0. The van der Waals surface area contributed by atoms with Gasteiger partial charge in [-0.3, -0.25) is 0 Å². The largest absolute Gasteiger partial charge is 0.488 e. The fraction of sp³-hybridized carbons (Fsp3) is 0.0345. The molecule has 0 N–H and O–H groups in total. The molecule has 0 spiro atoms. The summed E-state index contributed by atoms with van der Waals surface area (Å²) in [6, 6.07) is 45.4. The first kappa shape index (κ1) is 19.5. The molecule has 0 saturated heterocycles. The number of hydrogen-bond acceptors (Lipinski definition) is 1. The zero-order valence-electron chi connectivity index (χ0n) is 16.8. The van der Waals surface area contributed by atoms with Crippen LogP contribution in [-0.2, 0) is 6.61 Å². The summed E-state index contributed by atoms with van der Waals surface area (Å²) in [5.41, 5.74) is 3.74. The second kappa shape index (κ2) is 10.1. The first-order chi connectivity index (χ1) is 14.9. The van der Waals surface area contributed by atoms with Crippen LogP contribution in [0.5, 0.6) is 5.75 Å². The Bertz CT molecular complexity index is 1120. The summed E-state index contributed by atoms with van der Waals surface area (Å²) in [7, 11) is 0. The van der Waals surface area contributed by atoms with Crippen LogP contribution in [-0.4, -0.2) is 0 Å². The van der Waals surface area contributed by atoms with Gasteiger partial charge in [-0.25, -0.2) is 0 Å². The van der Waals surface area contributed by atoms with Crippen LogP contribution in [0.15, 0.2) is 133 Å². The maximum absolute atomic E-state index is 5.91. The molecule has 5 aromatic rings. The maximum atomic E-state index is 5.91. The van der Waals surface area contributed by atoms with Gasteiger partial charge in [0.2, 0.25) is 0 Å². The van der Waals surface area contributed by atoms with E-state index in [0.717, 1.165) is 11.1 Å². The smallest absolute Gasteiger partial charge is 0.127 e. The van der Waals surface area contributed by atoms with E-state index in [1.807, 2.05) is 54.6 Å². The Morgan fingerprint density at radius 3 is 1.57 bits per heavy atom. The van der Waals surface area contributed by atoms with Crippen molar-refractivity contribution >= 4 is 10.8 Å². The van der Waals surface area contributed by atoms with E-state index in [2.05, 4.69) is 78.9 Å². The Morgan fingerprint density at radius 2 is 0.933 bits per heavy atom. The molecule has 0 saturated carbocycles. The van der Waals surface area contributed by atoms with E-state index in [-0.39, 0.29) is 0 Å². The Kier molecular flexibility index (Phi) is 6.55. The highest BCUT2D eigenvalue weighted by molar-refractivity contribution is 5.88. The van der Waals surface area contributed by atoms with Crippen LogP contribution in [0.3, 0.4) is 0 Å². The lowest BCUT2D eigenvalue weighted by molar-refractivity contribution is 0.310. The Morgan fingerprint density at radius 1 is 0.433 bits per heavy atom. The average molecular weight is 389 g/mol. The van der Waals surface area contributed by atoms with E-state index >= 15 is 0 Å². The third-order valence-corrected chi connectivity index (χ3v) is 4.87. The van der Waals surface area contributed by atoms with Crippen molar-refractivity contribution < 1.29 is 4.74 Å². The van der Waals surface area contributed by atoms with Crippen LogP contribution in [0.2, 0.25) is 0 Å². The molecule has 0 heterocycles. The van der Waals surface area contributed by atoms with E-state index in [1.54, 1.807) is 0 Å². The standard InChI is InChI=1S/C17H14O.C12H10/c1-2-7-14(8-3-1)13-18-17-12-6-10-15-9-4-5-11-16(15)17;1-3-7-11(8-4-1)12-9-5-2-6-10-12/h1-12H,13H2;1-10H. The van der Waals surface area contributed by atoms with Gasteiger partial charge in [-0.2, -0.15) is 0 Å². The van der Waals surface area contributed by atoms with Gasteiger partial charge in [0.1, 0.15) is 12.4 Å². The highest BCUT2D eigenvalue weighted by Gasteiger charge is 2.01. The van der Waals surface area contributed by atoms with Crippen molar-refractivity contribution in [2.24, 2.45) is 0 Å². The molecular weight excluding hydrogens is 364 g/mol. The van der Waals surface area contributed by atoms with Crippen LogP contribution in [0, 0.1) is 0 Å². The van der Waals surface area contributed by atoms with E-state index in [0.29, 0.717) is 6.61 Å². The lowest BCUT2D eigenvalue weighted by atomic mass is 10.1. The average Bonchev–Trinajstić information content (AvgIpc) is 2.85. The molecule has 0 bridgehead atoms. The summed E-state index contributed by atoms with van der Waals surface area (Å²) >= 11 is 0. The van der Waals surface area contributed by atoms with Crippen LogP contribution < -0.4 is 4.74 Å². The van der Waals surface area contributed by atoms with Crippen molar-refractivity contribution in [2.75, 3.05) is 0 Å². The zero-order chi connectivity index (χ0) is 20.4. The van der Waals surface area contributed by atoms with Gasteiger partial charge in [-0.05, 0) is 28.1 Å². The molecule has 0 aromatic heterocycles. The van der Waals surface area contributed by atoms with Gasteiger partial charge in [-0.1, -0.05) is 127 Å². The van der Waals surface area contributed by atoms with Crippen molar-refractivity contribution in [2.45, 2.75) is 6.61 Å². The fourth-order valence-electron chi connectivity index (χ4n) is 3.32. The lowest BCUT2D eigenvalue weighted by Gasteiger charge is -2.09. The Labute approximate surface area is 178 Å². The number of ether oxygens (including phenoxy) is 1. The molecular formula is C29H24O. The fourth-order valence-corrected chi connectivity index (χ4v) is 3.32. The molecule has 0 atom stereocenters. The molecule has 1 nitrogen and oxygen atoms in total. The molecule has 5 aromatic carbocycles. The van der Waals surface area contributed by atoms with Gasteiger partial charge in [0.15, 0.2) is 0 Å². The maximum Gasteiger partial charge on any atom is 0.127 e. The van der Waals surface area contributed by atoms with Gasteiger partial charge in [-0.15, -0.1) is 0 Å². The Hall–Kier alpha value is -3.84. The van der Waals surface area contributed by atoms with E-state index < -0.39 is 0 Å². The molecule has 0 aliphatic heterocycles. The third-order valence-electron chi connectivity index (χ3n) is 4.87. The number of benzene rings is 5. The van der Waals surface area contributed by atoms with Gasteiger partial charge in [0.25, 0.3) is 0 Å². The molecule has 0 fully saturated rings. The van der Waals surface area contributed by atoms with Crippen LogP contribution >= 0.6 is 0 Å². The molecule has 0 aliphatic rings. The lowest BCUT2D eigenvalue weighted by Crippen LogP contribution is -1.95. The predicted molar refractivity (Wildman–Crippen MR) is 127 cm³/mol. The van der Waals surface area contributed by atoms with E-state index in [9.17, 15) is 0 Å². The first-order valence-corrected chi connectivity index (χ1v) is 10.1. The van der Waals surface area contributed by atoms with Gasteiger partial charge >= 0.3 is 0 Å². The number of rotatable bonds is 4. The van der Waals surface area contributed by atoms with Crippen molar-refractivity contribution in [1.82, 2.24) is 0 Å². The second-order valence-electron chi connectivity index (χ2n) is 6.98. The SMILES string of the molecule is c1ccc(-c2ccccc2)cc1.c1ccc(COc2cccc3ccccc23)cc1. The van der Waals surface area contributed by atoms with Crippen LogP contribution in [0.1, 0.15) is 5.56 Å². The summed E-state index contributed by atoms with van der Waals surface area (Å²) in [6.45, 7) is 0.606. The summed E-state index contributed by atoms with van der Waals surface area (Å²) in [5.74, 6) is 0.942. The minimum Gasteiger partial charge on any atom is -0.488 e. The molecule has 0 amide bonds. The summed E-state index contributed by atoms with van der Waals surface area (Å²) in [5, 5.41) is 2.37. The molecule has 30 heavy (non-hydrogen) atoms. The number of fused-ring (bicyclic) bond motifs is 1. The molecule has 146 valence electrons. The molecule has 0 unspecified atom stereocenters. The minimum absolute atomic E-state index is 0.606. The van der Waals surface area contributed by atoms with Crippen molar-refractivity contribution in [3.63, 3.8) is 0 Å². The van der Waals surface area contributed by atoms with Gasteiger partial charge in [0.05, 0.1) is 0 Å². The normalized spacial score (nSPS) is 10.1. The summed E-state index contributed by atoms with van der Waals surface area (Å²) in [6.07, 6.45) is 0. The molecule has 0 aliphatic carbocycles. The third kappa shape index (κ3) is 5.15. The molecule has 5 rings (SSSR count). The quantitative estimate of drug-likeness (QED) is 0.305. The van der Waals surface area contributed by atoms with Crippen LogP contribution in [0.25, 0.3) is 21.9 Å². The van der Waals surface area contributed by atoms with Crippen LogP contribution in [0.4, 0.5) is 0 Å². The second-order valence-corrected chi connectivity index (χ2v) is 6.98. The van der Waals surface area contributed by atoms with E-state index in [4.69, 9.17) is 4.74 Å². The molecule has 0 radical (unpaired) electrons. The van der Waals surface area contributed by atoms with Crippen molar-refractivity contribution in [3.05, 3.63) is 139 Å². The summed E-state index contributed by atoms with van der Waals surface area (Å²) in [4.78, 5) is 0. The zero-order valence-corrected chi connectivity index (χ0v) is 16.8. The van der Waals surface area contributed by atoms with Crippen molar-refractivity contribution in [3.8, 4) is 16.9 Å². The molecule has 1 heteroatoms. The van der Waals surface area contributed by atoms with E-state index in [1.165, 1.54) is 22.1 Å².